The average Bonchev–Trinajstić information content (AvgIpc) is 2.71. The summed E-state index contributed by atoms with van der Waals surface area (Å²) in [5, 5.41) is 9.39. The third-order valence-corrected chi connectivity index (χ3v) is 4.23. The van der Waals surface area contributed by atoms with Crippen molar-refractivity contribution >= 4 is 23.2 Å². The first-order chi connectivity index (χ1) is 9.54. The molecule has 0 radical (unpaired) electrons. The number of rotatable bonds is 5. The van der Waals surface area contributed by atoms with Gasteiger partial charge in [-0.3, -0.25) is 4.68 Å². The van der Waals surface area contributed by atoms with E-state index in [1.807, 2.05) is 36.0 Å². The third kappa shape index (κ3) is 3.17. The second-order valence-corrected chi connectivity index (χ2v) is 5.59. The van der Waals surface area contributed by atoms with E-state index in [-0.39, 0.29) is 6.04 Å². The number of nitrogens with zero attached hydrogens (tertiary/aromatic N) is 2. The SMILES string of the molecule is CCc1nn(C)c(CNC(C)c2ccccc2Cl)c1Cl. The van der Waals surface area contributed by atoms with E-state index in [1.54, 1.807) is 0 Å². The molecule has 0 aliphatic rings. The second kappa shape index (κ2) is 6.61. The highest BCUT2D eigenvalue weighted by Gasteiger charge is 2.14. The Balaban J connectivity index is 2.09. The molecule has 0 amide bonds. The minimum Gasteiger partial charge on any atom is -0.304 e. The van der Waals surface area contributed by atoms with Crippen LogP contribution in [0.15, 0.2) is 24.3 Å². The van der Waals surface area contributed by atoms with Crippen LogP contribution in [0.3, 0.4) is 0 Å². The minimum absolute atomic E-state index is 0.153. The maximum absolute atomic E-state index is 6.34. The molecule has 1 N–H and O–H groups in total. The van der Waals surface area contributed by atoms with Gasteiger partial charge in [-0.1, -0.05) is 48.3 Å². The van der Waals surface area contributed by atoms with E-state index in [9.17, 15) is 0 Å². The van der Waals surface area contributed by atoms with E-state index >= 15 is 0 Å². The first-order valence-electron chi connectivity index (χ1n) is 6.72. The molecule has 0 fully saturated rings. The summed E-state index contributed by atoms with van der Waals surface area (Å²) in [6.45, 7) is 4.80. The summed E-state index contributed by atoms with van der Waals surface area (Å²) >= 11 is 12.5. The van der Waals surface area contributed by atoms with Crippen molar-refractivity contribution in [2.75, 3.05) is 0 Å². The normalized spacial score (nSPS) is 12.7. The minimum atomic E-state index is 0.153. The number of benzene rings is 1. The lowest BCUT2D eigenvalue weighted by atomic mass is 10.1. The molecule has 0 aliphatic heterocycles. The van der Waals surface area contributed by atoms with Gasteiger partial charge in [0.2, 0.25) is 0 Å². The molecule has 0 bridgehead atoms. The monoisotopic (exact) mass is 311 g/mol. The second-order valence-electron chi connectivity index (χ2n) is 4.81. The molecule has 0 saturated carbocycles. The van der Waals surface area contributed by atoms with Crippen molar-refractivity contribution in [3.8, 4) is 0 Å². The van der Waals surface area contributed by atoms with Crippen LogP contribution in [0, 0.1) is 0 Å². The van der Waals surface area contributed by atoms with E-state index < -0.39 is 0 Å². The number of hydrogen-bond donors (Lipinski definition) is 1. The Morgan fingerprint density at radius 1 is 1.30 bits per heavy atom. The fourth-order valence-corrected chi connectivity index (χ4v) is 2.86. The van der Waals surface area contributed by atoms with Gasteiger partial charge < -0.3 is 5.32 Å². The zero-order valence-corrected chi connectivity index (χ0v) is 13.5. The highest BCUT2D eigenvalue weighted by atomic mass is 35.5. The van der Waals surface area contributed by atoms with Crippen molar-refractivity contribution in [3.63, 3.8) is 0 Å². The Kier molecular flexibility index (Phi) is 5.08. The van der Waals surface area contributed by atoms with Gasteiger partial charge in [0, 0.05) is 24.7 Å². The highest BCUT2D eigenvalue weighted by molar-refractivity contribution is 6.32. The molecule has 2 rings (SSSR count). The predicted molar refractivity (Wildman–Crippen MR) is 84.3 cm³/mol. The smallest absolute Gasteiger partial charge is 0.0863 e. The number of hydrogen-bond acceptors (Lipinski definition) is 2. The molecule has 1 aromatic carbocycles. The predicted octanol–water partition coefficient (Wildman–Crippen LogP) is 4.14. The van der Waals surface area contributed by atoms with Crippen molar-refractivity contribution in [2.24, 2.45) is 7.05 Å². The third-order valence-electron chi connectivity index (χ3n) is 3.45. The van der Waals surface area contributed by atoms with Crippen LogP contribution in [0.4, 0.5) is 0 Å². The Morgan fingerprint density at radius 3 is 2.60 bits per heavy atom. The van der Waals surface area contributed by atoms with Crippen LogP contribution in [0.2, 0.25) is 10.0 Å². The fraction of sp³-hybridized carbons (Fsp3) is 0.400. The van der Waals surface area contributed by atoms with Crippen LogP contribution in [0.1, 0.15) is 36.8 Å². The van der Waals surface area contributed by atoms with Gasteiger partial charge in [0.05, 0.1) is 16.4 Å². The van der Waals surface area contributed by atoms with Crippen molar-refractivity contribution in [2.45, 2.75) is 32.9 Å². The lowest BCUT2D eigenvalue weighted by Gasteiger charge is -2.15. The molecule has 1 aromatic heterocycles. The summed E-state index contributed by atoms with van der Waals surface area (Å²) in [5.41, 5.74) is 3.03. The van der Waals surface area contributed by atoms with Gasteiger partial charge in [0.15, 0.2) is 0 Å². The molecule has 20 heavy (non-hydrogen) atoms. The van der Waals surface area contributed by atoms with Crippen molar-refractivity contribution in [1.82, 2.24) is 15.1 Å². The highest BCUT2D eigenvalue weighted by Crippen LogP contribution is 2.24. The molecular weight excluding hydrogens is 293 g/mol. The average molecular weight is 312 g/mol. The summed E-state index contributed by atoms with van der Waals surface area (Å²) in [4.78, 5) is 0. The molecule has 3 nitrogen and oxygen atoms in total. The van der Waals surface area contributed by atoms with E-state index in [2.05, 4.69) is 24.3 Å². The van der Waals surface area contributed by atoms with Gasteiger partial charge in [-0.25, -0.2) is 0 Å². The van der Waals surface area contributed by atoms with Gasteiger partial charge in [0.1, 0.15) is 0 Å². The molecule has 1 unspecified atom stereocenters. The zero-order chi connectivity index (χ0) is 14.7. The van der Waals surface area contributed by atoms with Gasteiger partial charge in [-0.15, -0.1) is 0 Å². The quantitative estimate of drug-likeness (QED) is 0.899. The van der Waals surface area contributed by atoms with Crippen LogP contribution in [-0.2, 0) is 20.0 Å². The standard InChI is InChI=1S/C15H19Cl2N3/c1-4-13-15(17)14(20(3)19-13)9-18-10(2)11-7-5-6-8-12(11)16/h5-8,10,18H,4,9H2,1-3H3. The Labute approximate surface area is 129 Å². The van der Waals surface area contributed by atoms with Crippen molar-refractivity contribution in [1.29, 1.82) is 0 Å². The first kappa shape index (κ1) is 15.4. The topological polar surface area (TPSA) is 29.9 Å². The van der Waals surface area contributed by atoms with E-state index in [0.29, 0.717) is 6.54 Å². The summed E-state index contributed by atoms with van der Waals surface area (Å²) in [6, 6.07) is 8.01. The van der Waals surface area contributed by atoms with Crippen LogP contribution >= 0.6 is 23.2 Å². The molecular formula is C15H19Cl2N3. The summed E-state index contributed by atoms with van der Waals surface area (Å²) < 4.78 is 1.84. The van der Waals surface area contributed by atoms with E-state index in [0.717, 1.165) is 33.4 Å². The van der Waals surface area contributed by atoms with Gasteiger partial charge >= 0.3 is 0 Å². The Hall–Kier alpha value is -1.03. The molecule has 0 aliphatic carbocycles. The van der Waals surface area contributed by atoms with Crippen LogP contribution < -0.4 is 5.32 Å². The number of aromatic nitrogens is 2. The first-order valence-corrected chi connectivity index (χ1v) is 7.48. The lowest BCUT2D eigenvalue weighted by molar-refractivity contribution is 0.548. The van der Waals surface area contributed by atoms with Crippen LogP contribution in [0.5, 0.6) is 0 Å². The van der Waals surface area contributed by atoms with Gasteiger partial charge in [-0.2, -0.15) is 5.10 Å². The van der Waals surface area contributed by atoms with Crippen LogP contribution in [0.25, 0.3) is 0 Å². The Morgan fingerprint density at radius 2 is 2.00 bits per heavy atom. The van der Waals surface area contributed by atoms with E-state index in [1.165, 1.54) is 0 Å². The fourth-order valence-electron chi connectivity index (χ4n) is 2.20. The molecule has 2 aromatic rings. The summed E-state index contributed by atoms with van der Waals surface area (Å²) in [7, 11) is 1.92. The molecule has 1 atom stereocenters. The van der Waals surface area contributed by atoms with Gasteiger partial charge in [0.25, 0.3) is 0 Å². The molecule has 0 spiro atoms. The maximum atomic E-state index is 6.34. The number of nitrogens with one attached hydrogen (secondary N) is 1. The molecule has 108 valence electrons. The molecule has 0 saturated heterocycles. The largest absolute Gasteiger partial charge is 0.304 e. The zero-order valence-electron chi connectivity index (χ0n) is 12.0. The summed E-state index contributed by atoms with van der Waals surface area (Å²) in [5.74, 6) is 0. The number of aryl methyl sites for hydroxylation is 2. The number of halogens is 2. The van der Waals surface area contributed by atoms with Crippen molar-refractivity contribution in [3.05, 3.63) is 51.3 Å². The Bertz CT molecular complexity index is 593. The van der Waals surface area contributed by atoms with E-state index in [4.69, 9.17) is 23.2 Å². The lowest BCUT2D eigenvalue weighted by Crippen LogP contribution is -2.20. The summed E-state index contributed by atoms with van der Waals surface area (Å²) in [6.07, 6.45) is 0.840. The maximum Gasteiger partial charge on any atom is 0.0863 e. The van der Waals surface area contributed by atoms with Gasteiger partial charge in [-0.05, 0) is 25.0 Å². The van der Waals surface area contributed by atoms with Crippen LogP contribution in [-0.4, -0.2) is 9.78 Å². The molecule has 5 heteroatoms. The molecule has 1 heterocycles. The van der Waals surface area contributed by atoms with Crippen molar-refractivity contribution < 1.29 is 0 Å².